The summed E-state index contributed by atoms with van der Waals surface area (Å²) in [5.74, 6) is 1.63. The van der Waals surface area contributed by atoms with Crippen molar-refractivity contribution in [1.29, 1.82) is 0 Å². The van der Waals surface area contributed by atoms with E-state index in [2.05, 4.69) is 10.4 Å². The maximum atomic E-state index is 5.34. The molecule has 4 heteroatoms. The highest BCUT2D eigenvalue weighted by atomic mass is 16.5. The molecule has 84 valence electrons. The number of ether oxygens (including phenoxy) is 1. The van der Waals surface area contributed by atoms with Gasteiger partial charge in [-0.2, -0.15) is 5.10 Å². The highest BCUT2D eigenvalue weighted by molar-refractivity contribution is 5.29. The van der Waals surface area contributed by atoms with E-state index in [1.54, 1.807) is 13.3 Å². The Morgan fingerprint density at radius 1 is 1.60 bits per heavy atom. The average molecular weight is 209 g/mol. The molecule has 1 aliphatic rings. The summed E-state index contributed by atoms with van der Waals surface area (Å²) < 4.78 is 7.26. The predicted molar refractivity (Wildman–Crippen MR) is 58.9 cm³/mol. The van der Waals surface area contributed by atoms with Gasteiger partial charge in [-0.15, -0.1) is 0 Å². The van der Waals surface area contributed by atoms with E-state index in [1.165, 1.54) is 25.0 Å². The minimum absolute atomic E-state index is 0.376. The first-order valence-corrected chi connectivity index (χ1v) is 5.51. The van der Waals surface area contributed by atoms with Gasteiger partial charge in [0.25, 0.3) is 0 Å². The van der Waals surface area contributed by atoms with Crippen LogP contribution < -0.4 is 10.1 Å². The van der Waals surface area contributed by atoms with Crippen LogP contribution in [0, 0.1) is 5.92 Å². The summed E-state index contributed by atoms with van der Waals surface area (Å²) in [4.78, 5) is 0. The number of hydrogen-bond acceptors (Lipinski definition) is 3. The second-order valence-electron chi connectivity index (χ2n) is 4.18. The van der Waals surface area contributed by atoms with Gasteiger partial charge in [0.1, 0.15) is 0 Å². The molecule has 1 saturated carbocycles. The molecule has 0 radical (unpaired) electrons. The third kappa shape index (κ3) is 1.74. The molecule has 0 saturated heterocycles. The molecule has 4 nitrogen and oxygen atoms in total. The molecule has 0 amide bonds. The van der Waals surface area contributed by atoms with E-state index in [9.17, 15) is 0 Å². The van der Waals surface area contributed by atoms with Gasteiger partial charge in [-0.05, 0) is 25.8 Å². The van der Waals surface area contributed by atoms with Crippen LogP contribution >= 0.6 is 0 Å². The molecule has 1 fully saturated rings. The number of rotatable bonds is 4. The molecule has 1 heterocycles. The van der Waals surface area contributed by atoms with Crippen LogP contribution in [-0.2, 0) is 7.05 Å². The van der Waals surface area contributed by atoms with Crippen LogP contribution in [0.5, 0.6) is 5.75 Å². The van der Waals surface area contributed by atoms with Crippen LogP contribution in [0.4, 0.5) is 0 Å². The second-order valence-corrected chi connectivity index (χ2v) is 4.18. The Hall–Kier alpha value is -1.03. The molecule has 1 aromatic heterocycles. The monoisotopic (exact) mass is 209 g/mol. The average Bonchev–Trinajstić information content (AvgIpc) is 2.53. The molecule has 1 unspecified atom stereocenters. The van der Waals surface area contributed by atoms with Crippen molar-refractivity contribution in [2.75, 3.05) is 14.2 Å². The lowest BCUT2D eigenvalue weighted by Gasteiger charge is -2.33. The molecule has 0 aliphatic heterocycles. The van der Waals surface area contributed by atoms with Gasteiger partial charge < -0.3 is 10.1 Å². The molecule has 0 aromatic carbocycles. The first-order valence-electron chi connectivity index (χ1n) is 5.51. The first-order chi connectivity index (χ1) is 7.27. The highest BCUT2D eigenvalue weighted by Gasteiger charge is 2.31. The van der Waals surface area contributed by atoms with Gasteiger partial charge in [-0.25, -0.2) is 0 Å². The van der Waals surface area contributed by atoms with Gasteiger partial charge in [0, 0.05) is 7.05 Å². The van der Waals surface area contributed by atoms with Crippen LogP contribution in [-0.4, -0.2) is 23.9 Å². The van der Waals surface area contributed by atoms with E-state index in [-0.39, 0.29) is 0 Å². The lowest BCUT2D eigenvalue weighted by molar-refractivity contribution is 0.227. The Labute approximate surface area is 90.6 Å². The summed E-state index contributed by atoms with van der Waals surface area (Å²) in [5, 5.41) is 7.63. The zero-order valence-electron chi connectivity index (χ0n) is 9.66. The van der Waals surface area contributed by atoms with Gasteiger partial charge in [0.2, 0.25) is 0 Å². The summed E-state index contributed by atoms with van der Waals surface area (Å²) in [6, 6.07) is 0.376. The summed E-state index contributed by atoms with van der Waals surface area (Å²) in [5.41, 5.74) is 1.17. The van der Waals surface area contributed by atoms with E-state index < -0.39 is 0 Å². The van der Waals surface area contributed by atoms with Crippen molar-refractivity contribution in [3.63, 3.8) is 0 Å². The van der Waals surface area contributed by atoms with E-state index >= 15 is 0 Å². The molecular weight excluding hydrogens is 190 g/mol. The maximum Gasteiger partial charge on any atom is 0.161 e. The van der Waals surface area contributed by atoms with Crippen molar-refractivity contribution in [3.05, 3.63) is 11.9 Å². The molecule has 1 aromatic rings. The van der Waals surface area contributed by atoms with E-state index in [4.69, 9.17) is 4.74 Å². The van der Waals surface area contributed by atoms with Crippen LogP contribution in [0.25, 0.3) is 0 Å². The van der Waals surface area contributed by atoms with E-state index in [0.29, 0.717) is 6.04 Å². The molecule has 2 rings (SSSR count). The lowest BCUT2D eigenvalue weighted by Crippen LogP contribution is -2.31. The van der Waals surface area contributed by atoms with Crippen LogP contribution in [0.15, 0.2) is 6.20 Å². The first kappa shape index (κ1) is 10.5. The molecule has 1 aliphatic carbocycles. The number of nitrogens with zero attached hydrogens (tertiary/aromatic N) is 2. The van der Waals surface area contributed by atoms with Crippen molar-refractivity contribution in [2.24, 2.45) is 13.0 Å². The minimum Gasteiger partial charge on any atom is -0.493 e. The zero-order chi connectivity index (χ0) is 10.8. The Bertz CT molecular complexity index is 331. The van der Waals surface area contributed by atoms with Gasteiger partial charge >= 0.3 is 0 Å². The van der Waals surface area contributed by atoms with E-state index in [0.717, 1.165) is 11.7 Å². The quantitative estimate of drug-likeness (QED) is 0.816. The van der Waals surface area contributed by atoms with Crippen molar-refractivity contribution < 1.29 is 4.74 Å². The molecule has 1 atom stereocenters. The fourth-order valence-electron chi connectivity index (χ4n) is 2.31. The molecule has 0 spiro atoms. The van der Waals surface area contributed by atoms with Crippen molar-refractivity contribution in [3.8, 4) is 5.75 Å². The summed E-state index contributed by atoms with van der Waals surface area (Å²) in [6.07, 6.45) is 5.75. The smallest absolute Gasteiger partial charge is 0.161 e. The molecule has 15 heavy (non-hydrogen) atoms. The fourth-order valence-corrected chi connectivity index (χ4v) is 2.31. The third-order valence-corrected chi connectivity index (χ3v) is 3.40. The summed E-state index contributed by atoms with van der Waals surface area (Å²) >= 11 is 0. The van der Waals surface area contributed by atoms with Gasteiger partial charge in [0.05, 0.1) is 25.0 Å². The van der Waals surface area contributed by atoms with Crippen LogP contribution in [0.3, 0.4) is 0 Å². The predicted octanol–water partition coefficient (Wildman–Crippen LogP) is 1.49. The van der Waals surface area contributed by atoms with Crippen molar-refractivity contribution in [1.82, 2.24) is 15.1 Å². The maximum absolute atomic E-state index is 5.34. The topological polar surface area (TPSA) is 39.1 Å². The van der Waals surface area contributed by atoms with Gasteiger partial charge in [-0.3, -0.25) is 4.68 Å². The van der Waals surface area contributed by atoms with Gasteiger partial charge in [0.15, 0.2) is 5.75 Å². The molecular formula is C11H19N3O. The molecule has 0 bridgehead atoms. The number of hydrogen-bond donors (Lipinski definition) is 1. The van der Waals surface area contributed by atoms with Gasteiger partial charge in [-0.1, -0.05) is 6.42 Å². The third-order valence-electron chi connectivity index (χ3n) is 3.40. The van der Waals surface area contributed by atoms with E-state index in [1.807, 2.05) is 18.8 Å². The Balaban J connectivity index is 2.27. The highest BCUT2D eigenvalue weighted by Crippen LogP contribution is 2.40. The standard InChI is InChI=1S/C11H19N3O/c1-12-10(8-5-4-6-8)11-9(15-3)7-13-14(11)2/h7-8,10,12H,4-6H2,1-3H3. The Morgan fingerprint density at radius 2 is 2.33 bits per heavy atom. The van der Waals surface area contributed by atoms with Crippen LogP contribution in [0.2, 0.25) is 0 Å². The Morgan fingerprint density at radius 3 is 2.80 bits per heavy atom. The normalized spacial score (nSPS) is 18.6. The number of aryl methyl sites for hydroxylation is 1. The lowest BCUT2D eigenvalue weighted by atomic mass is 9.78. The Kier molecular flexibility index (Phi) is 2.95. The van der Waals surface area contributed by atoms with Crippen molar-refractivity contribution >= 4 is 0 Å². The summed E-state index contributed by atoms with van der Waals surface area (Å²) in [7, 11) is 5.68. The second kappa shape index (κ2) is 4.23. The number of methoxy groups -OCH3 is 1. The van der Waals surface area contributed by atoms with Crippen LogP contribution in [0.1, 0.15) is 31.0 Å². The fraction of sp³-hybridized carbons (Fsp3) is 0.727. The number of nitrogens with one attached hydrogen (secondary N) is 1. The zero-order valence-corrected chi connectivity index (χ0v) is 9.66. The van der Waals surface area contributed by atoms with Crippen molar-refractivity contribution in [2.45, 2.75) is 25.3 Å². The minimum atomic E-state index is 0.376. The largest absolute Gasteiger partial charge is 0.493 e. The number of aromatic nitrogens is 2. The SMILES string of the molecule is CNC(c1c(OC)cnn1C)C1CCC1. The molecule has 1 N–H and O–H groups in total. The summed E-state index contributed by atoms with van der Waals surface area (Å²) in [6.45, 7) is 0.